The van der Waals surface area contributed by atoms with E-state index in [1.165, 1.54) is 5.39 Å². The lowest BCUT2D eigenvalue weighted by Gasteiger charge is -2.09. The van der Waals surface area contributed by atoms with Crippen molar-refractivity contribution in [2.75, 3.05) is 18.5 Å². The van der Waals surface area contributed by atoms with Crippen LogP contribution in [-0.2, 0) is 0 Å². The Morgan fingerprint density at radius 1 is 0.917 bits per heavy atom. The number of guanidine groups is 1. The molecule has 0 heterocycles. The van der Waals surface area contributed by atoms with Gasteiger partial charge in [-0.25, -0.2) is 4.99 Å². The summed E-state index contributed by atoms with van der Waals surface area (Å²) in [4.78, 5) is 4.27. The molecular formula is C19H20IN3O. The van der Waals surface area contributed by atoms with E-state index in [2.05, 4.69) is 28.5 Å². The van der Waals surface area contributed by atoms with E-state index in [1.807, 2.05) is 54.6 Å². The molecule has 0 spiro atoms. The van der Waals surface area contributed by atoms with Crippen molar-refractivity contribution >= 4 is 46.4 Å². The van der Waals surface area contributed by atoms with Crippen molar-refractivity contribution < 1.29 is 4.74 Å². The normalized spacial score (nSPS) is 10.9. The number of fused-ring (bicyclic) bond motifs is 1. The Bertz CT molecular complexity index is 801. The zero-order valence-corrected chi connectivity index (χ0v) is 15.5. The van der Waals surface area contributed by atoms with Gasteiger partial charge in [0.05, 0.1) is 6.54 Å². The molecule has 4 nitrogen and oxygen atoms in total. The quantitative estimate of drug-likeness (QED) is 0.274. The molecular weight excluding hydrogens is 413 g/mol. The maximum atomic E-state index is 5.86. The highest BCUT2D eigenvalue weighted by Gasteiger charge is 2.00. The smallest absolute Gasteiger partial charge is 0.193 e. The Labute approximate surface area is 158 Å². The number of rotatable bonds is 5. The first-order chi connectivity index (χ1) is 11.3. The number of nitrogens with zero attached hydrogens (tertiary/aromatic N) is 1. The third-order valence-corrected chi connectivity index (χ3v) is 3.43. The van der Waals surface area contributed by atoms with Crippen molar-refractivity contribution in [1.82, 2.24) is 0 Å². The number of ether oxygens (including phenoxy) is 1. The Kier molecular flexibility index (Phi) is 6.87. The van der Waals surface area contributed by atoms with Gasteiger partial charge in [-0.15, -0.1) is 24.0 Å². The lowest BCUT2D eigenvalue weighted by molar-refractivity contribution is 0.332. The van der Waals surface area contributed by atoms with E-state index in [0.717, 1.165) is 16.8 Å². The second-order valence-electron chi connectivity index (χ2n) is 5.08. The number of aliphatic imine (C=N–C) groups is 1. The maximum absolute atomic E-state index is 5.86. The molecule has 5 heteroatoms. The summed E-state index contributed by atoms with van der Waals surface area (Å²) in [7, 11) is 0. The molecule has 0 aliphatic heterocycles. The number of hydrogen-bond donors (Lipinski definition) is 2. The Morgan fingerprint density at radius 3 is 2.46 bits per heavy atom. The van der Waals surface area contributed by atoms with E-state index in [9.17, 15) is 0 Å². The summed E-state index contributed by atoms with van der Waals surface area (Å²) in [5.74, 6) is 1.26. The van der Waals surface area contributed by atoms with Crippen LogP contribution in [0, 0.1) is 0 Å². The number of benzene rings is 3. The van der Waals surface area contributed by atoms with Crippen LogP contribution in [0.15, 0.2) is 77.8 Å². The van der Waals surface area contributed by atoms with E-state index < -0.39 is 0 Å². The molecule has 24 heavy (non-hydrogen) atoms. The fourth-order valence-electron chi connectivity index (χ4n) is 2.35. The first-order valence-electron chi connectivity index (χ1n) is 7.55. The van der Waals surface area contributed by atoms with Gasteiger partial charge in [0.25, 0.3) is 0 Å². The van der Waals surface area contributed by atoms with Crippen LogP contribution in [0.1, 0.15) is 0 Å². The van der Waals surface area contributed by atoms with Gasteiger partial charge in [-0.1, -0.05) is 54.6 Å². The molecule has 0 saturated carbocycles. The average molecular weight is 433 g/mol. The summed E-state index contributed by atoms with van der Waals surface area (Å²) < 4.78 is 5.83. The van der Waals surface area contributed by atoms with Gasteiger partial charge in [0.15, 0.2) is 5.96 Å². The van der Waals surface area contributed by atoms with Crippen molar-refractivity contribution in [3.8, 4) is 5.75 Å². The second kappa shape index (κ2) is 9.12. The van der Waals surface area contributed by atoms with Gasteiger partial charge in [-0.3, -0.25) is 0 Å². The topological polar surface area (TPSA) is 59.6 Å². The molecule has 3 rings (SSSR count). The standard InChI is InChI=1S/C19H19N3O.HI/c20-19(22-16-9-2-1-3-10-16)21-13-14-23-18-12-6-8-15-7-4-5-11-17(15)18;/h1-12H,13-14H2,(H3,20,21,22);1H. The predicted molar refractivity (Wildman–Crippen MR) is 111 cm³/mol. The van der Waals surface area contributed by atoms with Gasteiger partial charge in [0.1, 0.15) is 12.4 Å². The van der Waals surface area contributed by atoms with Crippen LogP contribution in [0.4, 0.5) is 5.69 Å². The van der Waals surface area contributed by atoms with Crippen LogP contribution < -0.4 is 15.8 Å². The maximum Gasteiger partial charge on any atom is 0.193 e. The molecule has 0 fully saturated rings. The Hall–Kier alpha value is -2.28. The van der Waals surface area contributed by atoms with Crippen molar-refractivity contribution in [3.05, 3.63) is 72.8 Å². The SMILES string of the molecule is I.NC(=NCCOc1cccc2ccccc12)Nc1ccccc1. The zero-order chi connectivity index (χ0) is 15.9. The summed E-state index contributed by atoms with van der Waals surface area (Å²) in [6.07, 6.45) is 0. The van der Waals surface area contributed by atoms with Crippen LogP contribution in [0.5, 0.6) is 5.75 Å². The molecule has 3 aromatic carbocycles. The fraction of sp³-hybridized carbons (Fsp3) is 0.105. The molecule has 0 aliphatic rings. The number of anilines is 1. The number of halogens is 1. The summed E-state index contributed by atoms with van der Waals surface area (Å²) in [5, 5.41) is 5.31. The minimum atomic E-state index is 0. The van der Waals surface area contributed by atoms with Gasteiger partial charge in [0.2, 0.25) is 0 Å². The highest BCUT2D eigenvalue weighted by Crippen LogP contribution is 2.24. The zero-order valence-electron chi connectivity index (χ0n) is 13.2. The van der Waals surface area contributed by atoms with Crippen molar-refractivity contribution in [2.24, 2.45) is 10.7 Å². The molecule has 0 aliphatic carbocycles. The Morgan fingerprint density at radius 2 is 1.62 bits per heavy atom. The number of para-hydroxylation sites is 1. The van der Waals surface area contributed by atoms with Gasteiger partial charge in [-0.05, 0) is 23.6 Å². The third kappa shape index (κ3) is 4.86. The summed E-state index contributed by atoms with van der Waals surface area (Å²) in [5.41, 5.74) is 6.78. The molecule has 0 saturated heterocycles. The molecule has 124 valence electrons. The molecule has 0 radical (unpaired) electrons. The number of hydrogen-bond acceptors (Lipinski definition) is 2. The number of nitrogens with two attached hydrogens (primary N) is 1. The number of nitrogens with one attached hydrogen (secondary N) is 1. The fourth-order valence-corrected chi connectivity index (χ4v) is 2.35. The lowest BCUT2D eigenvalue weighted by atomic mass is 10.1. The van der Waals surface area contributed by atoms with E-state index in [4.69, 9.17) is 10.5 Å². The highest BCUT2D eigenvalue weighted by atomic mass is 127. The van der Waals surface area contributed by atoms with Crippen molar-refractivity contribution in [2.45, 2.75) is 0 Å². The third-order valence-electron chi connectivity index (χ3n) is 3.43. The predicted octanol–water partition coefficient (Wildman–Crippen LogP) is 4.26. The molecule has 0 bridgehead atoms. The highest BCUT2D eigenvalue weighted by molar-refractivity contribution is 14.0. The monoisotopic (exact) mass is 433 g/mol. The van der Waals surface area contributed by atoms with Gasteiger partial charge < -0.3 is 15.8 Å². The van der Waals surface area contributed by atoms with Gasteiger partial charge in [-0.2, -0.15) is 0 Å². The second-order valence-corrected chi connectivity index (χ2v) is 5.08. The largest absolute Gasteiger partial charge is 0.491 e. The first kappa shape index (κ1) is 18.1. The van der Waals surface area contributed by atoms with Gasteiger partial charge in [0, 0.05) is 11.1 Å². The molecule has 0 unspecified atom stereocenters. The molecule has 3 N–H and O–H groups in total. The van der Waals surface area contributed by atoms with Gasteiger partial charge >= 0.3 is 0 Å². The van der Waals surface area contributed by atoms with Crippen LogP contribution in [0.3, 0.4) is 0 Å². The molecule has 0 atom stereocenters. The minimum Gasteiger partial charge on any atom is -0.491 e. The van der Waals surface area contributed by atoms with E-state index in [-0.39, 0.29) is 24.0 Å². The van der Waals surface area contributed by atoms with Crippen molar-refractivity contribution in [3.63, 3.8) is 0 Å². The minimum absolute atomic E-state index is 0. The summed E-state index contributed by atoms with van der Waals surface area (Å²) in [6, 6.07) is 23.9. The van der Waals surface area contributed by atoms with E-state index in [0.29, 0.717) is 19.1 Å². The van der Waals surface area contributed by atoms with Crippen molar-refractivity contribution in [1.29, 1.82) is 0 Å². The van der Waals surface area contributed by atoms with Crippen LogP contribution in [-0.4, -0.2) is 19.1 Å². The van der Waals surface area contributed by atoms with E-state index in [1.54, 1.807) is 0 Å². The lowest BCUT2D eigenvalue weighted by Crippen LogP contribution is -2.23. The molecule has 3 aromatic rings. The van der Waals surface area contributed by atoms with Crippen LogP contribution in [0.2, 0.25) is 0 Å². The summed E-state index contributed by atoms with van der Waals surface area (Å²) >= 11 is 0. The molecule has 0 amide bonds. The first-order valence-corrected chi connectivity index (χ1v) is 7.55. The molecule has 0 aromatic heterocycles. The van der Waals surface area contributed by atoms with E-state index >= 15 is 0 Å². The van der Waals surface area contributed by atoms with Crippen LogP contribution >= 0.6 is 24.0 Å². The summed E-state index contributed by atoms with van der Waals surface area (Å²) in [6.45, 7) is 0.972. The van der Waals surface area contributed by atoms with Crippen LogP contribution in [0.25, 0.3) is 10.8 Å². The Balaban J connectivity index is 0.00000208. The average Bonchev–Trinajstić information content (AvgIpc) is 2.60.